The molecule has 1 N–H and O–H groups in total. The molecule has 0 bridgehead atoms. The molecule has 1 aliphatic rings. The molecule has 2 aromatic rings. The summed E-state index contributed by atoms with van der Waals surface area (Å²) in [5.74, 6) is -0.365. The lowest BCUT2D eigenvalue weighted by Crippen LogP contribution is -2.31. The van der Waals surface area contributed by atoms with Gasteiger partial charge >= 0.3 is 5.97 Å². The second kappa shape index (κ2) is 7.40. The molecule has 0 amide bonds. The van der Waals surface area contributed by atoms with Crippen LogP contribution in [-0.2, 0) is 6.54 Å². The molecule has 1 aliphatic heterocycles. The van der Waals surface area contributed by atoms with E-state index in [2.05, 4.69) is 14.8 Å². The van der Waals surface area contributed by atoms with Crippen molar-refractivity contribution in [1.29, 1.82) is 0 Å². The van der Waals surface area contributed by atoms with E-state index >= 15 is 0 Å². The first-order chi connectivity index (χ1) is 11.6. The van der Waals surface area contributed by atoms with Crippen molar-refractivity contribution in [3.05, 3.63) is 59.5 Å². The number of rotatable bonds is 4. The van der Waals surface area contributed by atoms with Crippen molar-refractivity contribution >= 4 is 11.8 Å². The van der Waals surface area contributed by atoms with Crippen molar-refractivity contribution in [2.24, 2.45) is 0 Å². The predicted octanol–water partition coefficient (Wildman–Crippen LogP) is 2.63. The first kappa shape index (κ1) is 16.4. The molecule has 0 spiro atoms. The van der Waals surface area contributed by atoms with Gasteiger partial charge in [-0.3, -0.25) is 4.90 Å². The average molecular weight is 329 g/mol. The highest BCUT2D eigenvalue weighted by Gasteiger charge is 2.16. The Morgan fingerprint density at radius 2 is 1.88 bits per heavy atom. The fourth-order valence-electron chi connectivity index (χ4n) is 2.91. The highest BCUT2D eigenvalue weighted by atomic mass is 19.1. The maximum atomic E-state index is 13.0. The molecule has 6 heteroatoms. The third kappa shape index (κ3) is 4.08. The van der Waals surface area contributed by atoms with Crippen molar-refractivity contribution in [1.82, 2.24) is 9.88 Å². The molecule has 0 saturated carbocycles. The second-order valence-corrected chi connectivity index (χ2v) is 5.95. The molecule has 1 aromatic carbocycles. The zero-order valence-corrected chi connectivity index (χ0v) is 13.4. The molecular weight excluding hydrogens is 309 g/mol. The summed E-state index contributed by atoms with van der Waals surface area (Å²) in [6.45, 7) is 4.39. The van der Waals surface area contributed by atoms with Gasteiger partial charge in [0.15, 0.2) is 0 Å². The Labute approximate surface area is 140 Å². The highest BCUT2D eigenvalue weighted by molar-refractivity contribution is 5.87. The van der Waals surface area contributed by atoms with E-state index in [0.717, 1.165) is 50.5 Å². The monoisotopic (exact) mass is 329 g/mol. The summed E-state index contributed by atoms with van der Waals surface area (Å²) in [5.41, 5.74) is 1.31. The molecule has 1 fully saturated rings. The van der Waals surface area contributed by atoms with E-state index < -0.39 is 5.97 Å². The maximum Gasteiger partial charge on any atom is 0.337 e. The Kier molecular flexibility index (Phi) is 5.05. The number of hydrogen-bond acceptors (Lipinski definition) is 4. The minimum Gasteiger partial charge on any atom is -0.478 e. The molecule has 0 atom stereocenters. The van der Waals surface area contributed by atoms with Crippen LogP contribution in [0.15, 0.2) is 42.6 Å². The van der Waals surface area contributed by atoms with E-state index in [0.29, 0.717) is 0 Å². The third-order valence-electron chi connectivity index (χ3n) is 4.23. The summed E-state index contributed by atoms with van der Waals surface area (Å²) in [6, 6.07) is 9.99. The Bertz CT molecular complexity index is 688. The normalized spacial score (nSPS) is 16.0. The number of hydrogen-bond donors (Lipinski definition) is 1. The van der Waals surface area contributed by atoms with Gasteiger partial charge in [0.1, 0.15) is 11.6 Å². The molecular formula is C18H20FN3O2. The van der Waals surface area contributed by atoms with Crippen LogP contribution in [0.5, 0.6) is 0 Å². The fraction of sp³-hybridized carbons (Fsp3) is 0.333. The van der Waals surface area contributed by atoms with Crippen LogP contribution in [0, 0.1) is 5.82 Å². The van der Waals surface area contributed by atoms with Gasteiger partial charge in [0, 0.05) is 38.9 Å². The van der Waals surface area contributed by atoms with Crippen molar-refractivity contribution in [3.8, 4) is 0 Å². The first-order valence-electron chi connectivity index (χ1n) is 8.03. The molecule has 1 saturated heterocycles. The van der Waals surface area contributed by atoms with E-state index in [1.807, 2.05) is 12.1 Å². The van der Waals surface area contributed by atoms with Crippen LogP contribution in [0.1, 0.15) is 22.3 Å². The van der Waals surface area contributed by atoms with Gasteiger partial charge in [-0.05, 0) is 36.2 Å². The molecule has 0 radical (unpaired) electrons. The van der Waals surface area contributed by atoms with Gasteiger partial charge in [0.05, 0.1) is 5.56 Å². The van der Waals surface area contributed by atoms with E-state index in [1.54, 1.807) is 12.1 Å². The van der Waals surface area contributed by atoms with Crippen LogP contribution in [-0.4, -0.2) is 47.1 Å². The summed E-state index contributed by atoms with van der Waals surface area (Å²) >= 11 is 0. The molecule has 0 unspecified atom stereocenters. The van der Waals surface area contributed by atoms with Crippen LogP contribution >= 0.6 is 0 Å². The van der Waals surface area contributed by atoms with Crippen LogP contribution in [0.3, 0.4) is 0 Å². The van der Waals surface area contributed by atoms with E-state index in [4.69, 9.17) is 5.11 Å². The molecule has 5 nitrogen and oxygen atoms in total. The average Bonchev–Trinajstić information content (AvgIpc) is 2.83. The Morgan fingerprint density at radius 1 is 1.08 bits per heavy atom. The Hall–Kier alpha value is -2.47. The molecule has 126 valence electrons. The second-order valence-electron chi connectivity index (χ2n) is 5.95. The van der Waals surface area contributed by atoms with Crippen LogP contribution in [0.2, 0.25) is 0 Å². The lowest BCUT2D eigenvalue weighted by atomic mass is 10.2. The van der Waals surface area contributed by atoms with Crippen molar-refractivity contribution in [3.63, 3.8) is 0 Å². The minimum absolute atomic E-state index is 0.200. The number of anilines is 1. The summed E-state index contributed by atoms with van der Waals surface area (Å²) in [5, 5.41) is 8.94. The quantitative estimate of drug-likeness (QED) is 0.934. The zero-order chi connectivity index (χ0) is 16.9. The number of carbonyl (C=O) groups is 1. The predicted molar refractivity (Wildman–Crippen MR) is 89.7 cm³/mol. The van der Waals surface area contributed by atoms with Gasteiger partial charge in [-0.2, -0.15) is 0 Å². The number of aromatic nitrogens is 1. The van der Waals surface area contributed by atoms with Crippen LogP contribution < -0.4 is 4.90 Å². The van der Waals surface area contributed by atoms with E-state index in [-0.39, 0.29) is 11.4 Å². The molecule has 1 aromatic heterocycles. The largest absolute Gasteiger partial charge is 0.478 e. The van der Waals surface area contributed by atoms with Gasteiger partial charge in [0.25, 0.3) is 0 Å². The van der Waals surface area contributed by atoms with Crippen molar-refractivity contribution < 1.29 is 14.3 Å². The Balaban J connectivity index is 1.60. The number of benzene rings is 1. The number of aromatic carboxylic acids is 1. The van der Waals surface area contributed by atoms with Crippen molar-refractivity contribution in [2.45, 2.75) is 13.0 Å². The van der Waals surface area contributed by atoms with Gasteiger partial charge in [-0.25, -0.2) is 14.2 Å². The summed E-state index contributed by atoms with van der Waals surface area (Å²) in [6.07, 6.45) is 2.41. The molecule has 2 heterocycles. The Morgan fingerprint density at radius 3 is 2.54 bits per heavy atom. The summed E-state index contributed by atoms with van der Waals surface area (Å²) in [7, 11) is 0. The number of nitrogens with zero attached hydrogens (tertiary/aromatic N) is 3. The van der Waals surface area contributed by atoms with Gasteiger partial charge in [-0.15, -0.1) is 0 Å². The van der Waals surface area contributed by atoms with Crippen LogP contribution in [0.25, 0.3) is 0 Å². The van der Waals surface area contributed by atoms with Gasteiger partial charge in [0.2, 0.25) is 0 Å². The highest BCUT2D eigenvalue weighted by Crippen LogP contribution is 2.16. The number of halogens is 1. The standard InChI is InChI=1S/C18H20FN3O2/c19-16-5-2-14(3-6-16)13-21-8-1-9-22(11-10-21)17-7-4-15(12-20-17)18(23)24/h2-7,12H,1,8-11,13H2,(H,23,24). The van der Waals surface area contributed by atoms with Gasteiger partial charge in [-0.1, -0.05) is 12.1 Å². The third-order valence-corrected chi connectivity index (χ3v) is 4.23. The number of carboxylic acid groups (broad SMARTS) is 1. The number of pyridine rings is 1. The molecule has 3 rings (SSSR count). The lowest BCUT2D eigenvalue weighted by Gasteiger charge is -2.22. The van der Waals surface area contributed by atoms with Gasteiger partial charge < -0.3 is 10.0 Å². The lowest BCUT2D eigenvalue weighted by molar-refractivity contribution is 0.0696. The van der Waals surface area contributed by atoms with Crippen molar-refractivity contribution in [2.75, 3.05) is 31.1 Å². The summed E-state index contributed by atoms with van der Waals surface area (Å²) < 4.78 is 13.0. The van der Waals surface area contributed by atoms with E-state index in [9.17, 15) is 9.18 Å². The first-order valence-corrected chi connectivity index (χ1v) is 8.03. The SMILES string of the molecule is O=C(O)c1ccc(N2CCCN(Cc3ccc(F)cc3)CC2)nc1. The summed E-state index contributed by atoms with van der Waals surface area (Å²) in [4.78, 5) is 19.7. The van der Waals surface area contributed by atoms with E-state index in [1.165, 1.54) is 18.3 Å². The molecule has 24 heavy (non-hydrogen) atoms. The minimum atomic E-state index is -0.963. The van der Waals surface area contributed by atoms with Crippen LogP contribution in [0.4, 0.5) is 10.2 Å². The smallest absolute Gasteiger partial charge is 0.337 e. The molecule has 0 aliphatic carbocycles. The zero-order valence-electron chi connectivity index (χ0n) is 13.4. The topological polar surface area (TPSA) is 56.7 Å². The maximum absolute atomic E-state index is 13.0. The number of carboxylic acids is 1. The fourth-order valence-corrected chi connectivity index (χ4v) is 2.91.